The maximum atomic E-state index is 3.92. The number of allylic oxidation sites excluding steroid dienone is 2. The molecule has 14 aromatic rings. The molecule has 0 N–H and O–H groups in total. The highest BCUT2D eigenvalue weighted by Gasteiger charge is 2.21. The summed E-state index contributed by atoms with van der Waals surface area (Å²) in [5.74, 6) is 0. The number of anilines is 3. The molecule has 71 heavy (non-hydrogen) atoms. The minimum Gasteiger partial charge on any atom is -0.309 e. The zero-order valence-electron chi connectivity index (χ0n) is 39.1. The van der Waals surface area contributed by atoms with E-state index in [-0.39, 0.29) is 0 Å². The van der Waals surface area contributed by atoms with Crippen molar-refractivity contribution in [2.45, 2.75) is 6.92 Å². The number of hydrogen-bond donors (Lipinski definition) is 0. The minimum atomic E-state index is 1.10. The number of para-hydroxylation sites is 3. The number of benzene rings is 11. The molecule has 0 fully saturated rings. The molecule has 4 heteroatoms. The van der Waals surface area contributed by atoms with Gasteiger partial charge in [0.15, 0.2) is 0 Å². The molecule has 0 bridgehead atoms. The fourth-order valence-electron chi connectivity index (χ4n) is 11.4. The normalized spacial score (nSPS) is 12.0. The van der Waals surface area contributed by atoms with Crippen molar-refractivity contribution < 1.29 is 0 Å². The van der Waals surface area contributed by atoms with Gasteiger partial charge in [-0.1, -0.05) is 158 Å². The molecule has 0 spiro atoms. The van der Waals surface area contributed by atoms with Crippen molar-refractivity contribution in [2.75, 3.05) is 4.90 Å². The minimum absolute atomic E-state index is 1.10. The second-order valence-corrected chi connectivity index (χ2v) is 19.6. The Balaban J connectivity index is 0.957. The van der Waals surface area contributed by atoms with E-state index >= 15 is 0 Å². The van der Waals surface area contributed by atoms with Crippen molar-refractivity contribution in [1.82, 2.24) is 9.13 Å². The van der Waals surface area contributed by atoms with Gasteiger partial charge in [0.1, 0.15) is 0 Å². The lowest BCUT2D eigenvalue weighted by atomic mass is 9.94. The predicted octanol–water partition coefficient (Wildman–Crippen LogP) is 19.2. The molecule has 3 heterocycles. The van der Waals surface area contributed by atoms with E-state index in [0.717, 1.165) is 34.0 Å². The number of aryl methyl sites for hydroxylation is 1. The average molecular weight is 924 g/mol. The number of fused-ring (bicyclic) bond motifs is 13. The summed E-state index contributed by atoms with van der Waals surface area (Å²) in [6, 6.07) is 82.9. The molecule has 0 saturated heterocycles. The van der Waals surface area contributed by atoms with Gasteiger partial charge in [0.05, 0.1) is 32.5 Å². The van der Waals surface area contributed by atoms with Crippen LogP contribution in [0.15, 0.2) is 243 Å². The zero-order valence-corrected chi connectivity index (χ0v) is 39.9. The van der Waals surface area contributed by atoms with E-state index in [4.69, 9.17) is 0 Å². The van der Waals surface area contributed by atoms with Crippen LogP contribution >= 0.6 is 11.3 Å². The van der Waals surface area contributed by atoms with Gasteiger partial charge in [-0.15, -0.1) is 11.3 Å². The molecule has 0 atom stereocenters. The van der Waals surface area contributed by atoms with Crippen LogP contribution in [0, 0.1) is 6.92 Å². The van der Waals surface area contributed by atoms with Crippen LogP contribution in [0.1, 0.15) is 10.4 Å². The summed E-state index contributed by atoms with van der Waals surface area (Å²) in [6.07, 6.45) is 6.04. The predicted molar refractivity (Wildman–Crippen MR) is 307 cm³/mol. The van der Waals surface area contributed by atoms with E-state index in [9.17, 15) is 0 Å². The van der Waals surface area contributed by atoms with E-state index < -0.39 is 0 Å². The summed E-state index contributed by atoms with van der Waals surface area (Å²) in [7, 11) is 0. The van der Waals surface area contributed by atoms with Gasteiger partial charge in [-0.3, -0.25) is 0 Å². The van der Waals surface area contributed by atoms with Gasteiger partial charge in [0.25, 0.3) is 0 Å². The second-order valence-electron chi connectivity index (χ2n) is 18.5. The van der Waals surface area contributed by atoms with Crippen LogP contribution < -0.4 is 4.90 Å². The van der Waals surface area contributed by atoms with Crippen LogP contribution in [0.3, 0.4) is 0 Å². The Bertz CT molecular complexity index is 4400. The first-order valence-corrected chi connectivity index (χ1v) is 25.1. The SMILES string of the molecule is C=C/C=C\c1sc2c(N(c3ccccc3)c3ccc(-c4ccc5c(c4)c4cc(-n6c7ccccc7c7ccccc76)ccc4n5-c4ccc5c6ccccc6c6ccccc6c5c4)cc3)cccc2c1C. The van der Waals surface area contributed by atoms with E-state index in [2.05, 4.69) is 258 Å². The van der Waals surface area contributed by atoms with E-state index in [1.54, 1.807) is 0 Å². The summed E-state index contributed by atoms with van der Waals surface area (Å²) in [5.41, 5.74) is 14.0. The Morgan fingerprint density at radius 1 is 0.394 bits per heavy atom. The van der Waals surface area contributed by atoms with Crippen LogP contribution in [0.5, 0.6) is 0 Å². The smallest absolute Gasteiger partial charge is 0.0640 e. The van der Waals surface area contributed by atoms with Gasteiger partial charge in [-0.05, 0) is 152 Å². The summed E-state index contributed by atoms with van der Waals surface area (Å²) in [5, 5.41) is 13.8. The number of rotatable bonds is 8. The van der Waals surface area contributed by atoms with Crippen molar-refractivity contribution in [1.29, 1.82) is 0 Å². The third-order valence-electron chi connectivity index (χ3n) is 14.7. The van der Waals surface area contributed by atoms with Crippen molar-refractivity contribution in [3.63, 3.8) is 0 Å². The highest BCUT2D eigenvalue weighted by Crippen LogP contribution is 2.46. The molecule has 3 aromatic heterocycles. The largest absolute Gasteiger partial charge is 0.309 e. The van der Waals surface area contributed by atoms with Crippen LogP contribution in [0.25, 0.3) is 115 Å². The molecule has 0 aliphatic carbocycles. The highest BCUT2D eigenvalue weighted by molar-refractivity contribution is 7.20. The van der Waals surface area contributed by atoms with E-state index in [1.165, 1.54) is 102 Å². The van der Waals surface area contributed by atoms with Crippen molar-refractivity contribution in [3.05, 3.63) is 254 Å². The van der Waals surface area contributed by atoms with Gasteiger partial charge in [-0.2, -0.15) is 0 Å². The molecule has 334 valence electrons. The number of nitrogens with zero attached hydrogens (tertiary/aromatic N) is 3. The Hall–Kier alpha value is -8.96. The number of hydrogen-bond acceptors (Lipinski definition) is 2. The molecule has 0 saturated carbocycles. The Morgan fingerprint density at radius 2 is 0.873 bits per heavy atom. The second kappa shape index (κ2) is 16.3. The molecule has 14 rings (SSSR count). The van der Waals surface area contributed by atoms with Gasteiger partial charge in [0, 0.05) is 49.2 Å². The Labute approximate surface area is 415 Å². The maximum absolute atomic E-state index is 3.92. The van der Waals surface area contributed by atoms with Gasteiger partial charge < -0.3 is 14.0 Å². The first-order chi connectivity index (χ1) is 35.1. The molecule has 0 aliphatic rings. The molecule has 0 aliphatic heterocycles. The van der Waals surface area contributed by atoms with E-state index in [0.29, 0.717) is 0 Å². The topological polar surface area (TPSA) is 13.1 Å². The maximum Gasteiger partial charge on any atom is 0.0640 e. The standard InChI is InChI=1S/C67H45N3S/c1-3-4-29-66-43(2)50-25-16-28-65(67(50)71-66)68(46-17-6-5-7-18-46)47-33-30-44(31-34-47)45-32-38-63-59(40-45)60-42-49(69-61-26-14-12-23-56(61)57-24-13-15-27-62(57)69)36-39-64(60)70(63)48-35-37-55-53-21-9-8-19-51(53)52-20-10-11-22-54(52)58(55)41-48/h3-42H,1H2,2H3/b29-4-. The monoisotopic (exact) mass is 923 g/mol. The third kappa shape index (κ3) is 6.42. The lowest BCUT2D eigenvalue weighted by Crippen LogP contribution is -2.09. The lowest BCUT2D eigenvalue weighted by Gasteiger charge is -2.26. The van der Waals surface area contributed by atoms with Gasteiger partial charge in [0.2, 0.25) is 0 Å². The highest BCUT2D eigenvalue weighted by atomic mass is 32.1. The summed E-state index contributed by atoms with van der Waals surface area (Å²) in [4.78, 5) is 3.64. The quantitative estimate of drug-likeness (QED) is 0.109. The lowest BCUT2D eigenvalue weighted by molar-refractivity contribution is 1.17. The number of thiophene rings is 1. The molecule has 0 amide bonds. The first-order valence-electron chi connectivity index (χ1n) is 24.3. The van der Waals surface area contributed by atoms with Gasteiger partial charge >= 0.3 is 0 Å². The summed E-state index contributed by atoms with van der Waals surface area (Å²) in [6.45, 7) is 6.14. The molecule has 3 nitrogen and oxygen atoms in total. The fraction of sp³-hybridized carbons (Fsp3) is 0.0149. The van der Waals surface area contributed by atoms with Crippen LogP contribution in [0.4, 0.5) is 17.1 Å². The zero-order chi connectivity index (χ0) is 47.2. The van der Waals surface area contributed by atoms with E-state index in [1.807, 2.05) is 23.5 Å². The van der Waals surface area contributed by atoms with Crippen molar-refractivity contribution in [3.8, 4) is 22.5 Å². The Kier molecular flexibility index (Phi) is 9.45. The fourth-order valence-corrected chi connectivity index (χ4v) is 12.6. The molecule has 11 aromatic carbocycles. The summed E-state index contributed by atoms with van der Waals surface area (Å²) >= 11 is 1.83. The van der Waals surface area contributed by atoms with Crippen molar-refractivity contribution >= 4 is 120 Å². The summed E-state index contributed by atoms with van der Waals surface area (Å²) < 4.78 is 6.16. The average Bonchev–Trinajstić information content (AvgIpc) is 4.07. The van der Waals surface area contributed by atoms with Crippen LogP contribution in [-0.4, -0.2) is 9.13 Å². The van der Waals surface area contributed by atoms with Crippen LogP contribution in [-0.2, 0) is 0 Å². The van der Waals surface area contributed by atoms with Crippen molar-refractivity contribution in [2.24, 2.45) is 0 Å². The molecule has 0 unspecified atom stereocenters. The van der Waals surface area contributed by atoms with Crippen LogP contribution in [0.2, 0.25) is 0 Å². The Morgan fingerprint density at radius 3 is 1.52 bits per heavy atom. The molecular weight excluding hydrogens is 879 g/mol. The number of aromatic nitrogens is 2. The third-order valence-corrected chi connectivity index (χ3v) is 15.9. The molecular formula is C67H45N3S. The van der Waals surface area contributed by atoms with Gasteiger partial charge in [-0.25, -0.2) is 0 Å². The molecule has 0 radical (unpaired) electrons. The first kappa shape index (κ1) is 41.1.